The molecule has 3 aromatic rings. The molecule has 3 aliphatic carbocycles. The highest BCUT2D eigenvalue weighted by Gasteiger charge is 2.80. The Morgan fingerprint density at radius 1 is 0.783 bits per heavy atom. The van der Waals surface area contributed by atoms with E-state index in [-0.39, 0.29) is 98.9 Å². The van der Waals surface area contributed by atoms with Crippen molar-refractivity contribution < 1.29 is 106 Å². The molecule has 8 amide bonds. The van der Waals surface area contributed by atoms with Gasteiger partial charge < -0.3 is 90.6 Å². The molecular formula is C75H103N9O22. The number of hydrogen-bond donors (Lipinski definition) is 10. The van der Waals surface area contributed by atoms with Crippen molar-refractivity contribution in [2.45, 2.75) is 200 Å². The van der Waals surface area contributed by atoms with Crippen LogP contribution in [0.2, 0.25) is 0 Å². The molecular weight excluding hydrogens is 1380 g/mol. The van der Waals surface area contributed by atoms with Crippen LogP contribution in [0.25, 0.3) is 0 Å². The molecule has 0 aromatic heterocycles. The number of rotatable bonds is 30. The van der Waals surface area contributed by atoms with Gasteiger partial charge in [0.1, 0.15) is 60.7 Å². The minimum Gasteiger partial charge on any atom is -0.456 e. The maximum Gasteiger partial charge on any atom is 0.409 e. The zero-order valence-electron chi connectivity index (χ0n) is 62.6. The number of urea groups is 1. The first kappa shape index (κ1) is 83.7. The van der Waals surface area contributed by atoms with Gasteiger partial charge in [-0.15, -0.1) is 0 Å². The van der Waals surface area contributed by atoms with E-state index in [2.05, 4.69) is 31.9 Å². The quantitative estimate of drug-likeness (QED) is 0.0135. The number of primary amides is 1. The van der Waals surface area contributed by atoms with Gasteiger partial charge in [0.2, 0.25) is 17.7 Å². The van der Waals surface area contributed by atoms with Gasteiger partial charge in [-0.2, -0.15) is 0 Å². The number of aliphatic hydroxyl groups is 3. The molecule has 3 aromatic carbocycles. The number of ether oxygens (including phenoxy) is 7. The Bertz CT molecular complexity index is 3740. The van der Waals surface area contributed by atoms with E-state index in [1.54, 1.807) is 109 Å². The van der Waals surface area contributed by atoms with Crippen molar-refractivity contribution in [3.8, 4) is 0 Å². The third-order valence-corrected chi connectivity index (χ3v) is 20.4. The van der Waals surface area contributed by atoms with Gasteiger partial charge in [0.25, 0.3) is 0 Å². The second kappa shape index (κ2) is 35.2. The van der Waals surface area contributed by atoms with Crippen molar-refractivity contribution in [1.29, 1.82) is 0 Å². The van der Waals surface area contributed by atoms with Crippen molar-refractivity contribution in [2.75, 3.05) is 52.4 Å². The maximum absolute atomic E-state index is 16.3. The summed E-state index contributed by atoms with van der Waals surface area (Å²) in [4.78, 5) is 166. The van der Waals surface area contributed by atoms with Crippen LogP contribution in [0.3, 0.4) is 0 Å². The average Bonchev–Trinajstić information content (AvgIpc) is 0.661. The second-order valence-corrected chi connectivity index (χ2v) is 29.8. The number of anilines is 1. The fourth-order valence-corrected chi connectivity index (χ4v) is 14.2. The summed E-state index contributed by atoms with van der Waals surface area (Å²) in [7, 11) is 2.77. The number of carbonyl (C=O) groups excluding carboxylic acids is 12. The number of benzene rings is 3. The third kappa shape index (κ3) is 19.3. The number of likely N-dealkylation sites (N-methyl/N-ethyl adjacent to an activating group) is 2. The van der Waals surface area contributed by atoms with Gasteiger partial charge in [-0.3, -0.25) is 34.1 Å². The third-order valence-electron chi connectivity index (χ3n) is 20.4. The number of nitrogens with two attached hydrogens (primary N) is 1. The van der Waals surface area contributed by atoms with Gasteiger partial charge in [0, 0.05) is 89.3 Å². The Hall–Kier alpha value is -9.56. The Balaban J connectivity index is 1.11. The van der Waals surface area contributed by atoms with Crippen LogP contribution in [0.5, 0.6) is 0 Å². The molecule has 2 saturated carbocycles. The van der Waals surface area contributed by atoms with Crippen molar-refractivity contribution in [2.24, 2.45) is 34.3 Å². The molecule has 2 unspecified atom stereocenters. The molecule has 0 spiro atoms. The minimum atomic E-state index is -2.58. The van der Waals surface area contributed by atoms with Gasteiger partial charge in [-0.05, 0) is 99.9 Å². The van der Waals surface area contributed by atoms with E-state index in [1.807, 2.05) is 0 Å². The summed E-state index contributed by atoms with van der Waals surface area (Å²) in [5.74, 6) is -7.75. The summed E-state index contributed by atoms with van der Waals surface area (Å²) in [6, 6.07) is 17.4. The number of Topliss-reactive ketones (excluding diaryl/α,β-unsaturated/α-hetero) is 2. The topological polar surface area (TPSA) is 435 Å². The molecule has 0 radical (unpaired) electrons. The Labute approximate surface area is 616 Å². The molecule has 2 bridgehead atoms. The lowest BCUT2D eigenvalue weighted by Gasteiger charge is -2.70. The first-order chi connectivity index (χ1) is 49.7. The van der Waals surface area contributed by atoms with E-state index < -0.39 is 173 Å². The van der Waals surface area contributed by atoms with E-state index in [1.165, 1.54) is 71.0 Å². The van der Waals surface area contributed by atoms with E-state index in [4.69, 9.17) is 38.9 Å². The first-order valence-electron chi connectivity index (χ1n) is 35.4. The summed E-state index contributed by atoms with van der Waals surface area (Å²) < 4.78 is 42.1. The van der Waals surface area contributed by atoms with E-state index in [0.717, 1.165) is 11.8 Å². The van der Waals surface area contributed by atoms with Crippen molar-refractivity contribution in [1.82, 2.24) is 36.4 Å². The number of nitrogens with zero attached hydrogens (tertiary/aromatic N) is 2. The van der Waals surface area contributed by atoms with E-state index in [9.17, 15) is 68.1 Å². The standard InChI is InChI=1S/C75H103N9O22/c1-41(2)51(86)31-32-55(87)81-57(42(3)4)63(92)80-50(26-21-33-77-67(76)95)62(91)79-48-29-27-45(28-30-48)38-101-69(97)83(13)34-35-84(14)70(98)104-54-36-52-49(39-100-52)75(78-40-102-44(6)85)66(105-64(93)47-24-19-16-20-25-47)74(99)37-53(43(5)56(72(74,10)11)59(88)61(90)73(54,75)12)103-65(94)60(89)58(46-22-17-15-18-23-46)82-68(96)106-71(7,8)9/h15-20,22-25,27-30,41-42,49-50,52-54,57-60,66,78,88-89,99H,21,26,31-40H2,1-14H3,(H,79,91)(H,80,92)(H,81,87)(H,82,96)(H3,76,77,95)/t49?,50-,52+,53-,54-,57-,58?,59+,60+,66+,73-,74+,75+/m0/s1. The minimum absolute atomic E-state index is 0.00465. The summed E-state index contributed by atoms with van der Waals surface area (Å²) in [6.45, 7) is 17.3. The van der Waals surface area contributed by atoms with Crippen LogP contribution in [0.1, 0.15) is 149 Å². The maximum atomic E-state index is 16.3. The van der Waals surface area contributed by atoms with Gasteiger partial charge in [-0.25, -0.2) is 28.8 Å². The Morgan fingerprint density at radius 3 is 1.98 bits per heavy atom. The van der Waals surface area contributed by atoms with Crippen LogP contribution in [-0.4, -0.2) is 209 Å². The Kier molecular flexibility index (Phi) is 27.8. The summed E-state index contributed by atoms with van der Waals surface area (Å²) in [5.41, 5.74) is -3.84. The molecule has 1 heterocycles. The molecule has 31 nitrogen and oxygen atoms in total. The van der Waals surface area contributed by atoms with Crippen molar-refractivity contribution in [3.63, 3.8) is 0 Å². The fourth-order valence-electron chi connectivity index (χ4n) is 14.2. The fraction of sp³-hybridized carbons (Fsp3) is 0.573. The number of hydrogen-bond acceptors (Lipinski definition) is 23. The number of nitrogens with one attached hydrogen (secondary N) is 6. The van der Waals surface area contributed by atoms with Crippen molar-refractivity contribution >= 4 is 77.2 Å². The van der Waals surface area contributed by atoms with E-state index >= 15 is 4.79 Å². The highest BCUT2D eigenvalue weighted by molar-refractivity contribution is 5.99. The number of fused-ring (bicyclic) bond motifs is 5. The highest BCUT2D eigenvalue weighted by atomic mass is 16.6. The van der Waals surface area contributed by atoms with E-state index in [0.29, 0.717) is 11.3 Å². The Morgan fingerprint density at radius 2 is 1.41 bits per heavy atom. The van der Waals surface area contributed by atoms with Crippen LogP contribution in [0, 0.1) is 28.6 Å². The number of amides is 8. The predicted molar refractivity (Wildman–Crippen MR) is 381 cm³/mol. The van der Waals surface area contributed by atoms with Gasteiger partial charge >= 0.3 is 42.2 Å². The number of ketones is 2. The number of aliphatic hydroxyl groups excluding tert-OH is 2. The largest absolute Gasteiger partial charge is 0.456 e. The number of esters is 3. The zero-order valence-corrected chi connectivity index (χ0v) is 62.6. The predicted octanol–water partition coefficient (Wildman–Crippen LogP) is 5.17. The molecule has 11 N–H and O–H groups in total. The van der Waals surface area contributed by atoms with Crippen LogP contribution in [-0.2, 0) is 73.3 Å². The highest BCUT2D eigenvalue weighted by Crippen LogP contribution is 2.64. The molecule has 106 heavy (non-hydrogen) atoms. The lowest BCUT2D eigenvalue weighted by molar-refractivity contribution is -0.296. The number of carbonyl (C=O) groups is 12. The number of alkyl carbamates (subject to hydrolysis) is 1. The molecule has 3 fully saturated rings. The van der Waals surface area contributed by atoms with Gasteiger partial charge in [0.15, 0.2) is 18.0 Å². The molecule has 1 aliphatic heterocycles. The van der Waals surface area contributed by atoms with Crippen molar-refractivity contribution in [3.05, 3.63) is 113 Å². The monoisotopic (exact) mass is 1480 g/mol. The lowest BCUT2D eigenvalue weighted by atomic mass is 9.42. The molecule has 580 valence electrons. The molecule has 1 saturated heterocycles. The molecule has 31 heteroatoms. The normalized spacial score (nSPS) is 24.0. The van der Waals surface area contributed by atoms with Crippen LogP contribution in [0.4, 0.5) is 24.9 Å². The average molecular weight is 1480 g/mol. The first-order valence-corrected chi connectivity index (χ1v) is 35.4. The molecule has 4 aliphatic rings. The lowest BCUT2D eigenvalue weighted by Crippen LogP contribution is -2.87. The summed E-state index contributed by atoms with van der Waals surface area (Å²) in [6.07, 6.45) is -14.2. The van der Waals surface area contributed by atoms with Crippen LogP contribution >= 0.6 is 0 Å². The molecule has 7 rings (SSSR count). The second-order valence-electron chi connectivity index (χ2n) is 29.8. The van der Waals surface area contributed by atoms with Gasteiger partial charge in [0.05, 0.1) is 35.3 Å². The summed E-state index contributed by atoms with van der Waals surface area (Å²) >= 11 is 0. The SMILES string of the molecule is CC(=O)OCN[C@@]12C3CO[C@@H]3C[C@H](OC(=O)N(C)CCN(C)C(=O)OCc3ccc(NC(=O)[C@H](CCCNC(N)=O)NC(=O)[C@@H](NC(=O)CCC(=O)C(C)C)C(C)C)cc3)[C@@]1(C)C(=O)[C@H](O)C1=C(C)[C@@H](OC(=O)[C@H](O)C(NC(=O)OC(C)(C)C)c3ccccc3)C[C@@](O)([C@H]2OC(=O)c2ccccc2)C1(C)C. The van der Waals surface area contributed by atoms with Crippen LogP contribution in [0.15, 0.2) is 96.1 Å². The smallest absolute Gasteiger partial charge is 0.409 e. The molecule has 13 atom stereocenters. The zero-order chi connectivity index (χ0) is 78.6. The summed E-state index contributed by atoms with van der Waals surface area (Å²) in [5, 5.41) is 55.6. The van der Waals surface area contributed by atoms with Gasteiger partial charge in [-0.1, -0.05) is 102 Å². The van der Waals surface area contributed by atoms with Crippen LogP contribution < -0.4 is 37.6 Å².